The van der Waals surface area contributed by atoms with Gasteiger partial charge in [-0.25, -0.2) is 4.79 Å². The molecule has 39 heavy (non-hydrogen) atoms. The maximum absolute atomic E-state index is 12.8. The molecule has 4 heteroatoms. The van der Waals surface area contributed by atoms with E-state index in [-0.39, 0.29) is 11.5 Å². The quantitative estimate of drug-likeness (QED) is 0.194. The van der Waals surface area contributed by atoms with Crippen LogP contribution in [0.2, 0.25) is 6.04 Å². The Morgan fingerprint density at radius 2 is 1.08 bits per heavy atom. The largest absolute Gasteiger partial charge is 0.465 e. The van der Waals surface area contributed by atoms with Gasteiger partial charge in [0.25, 0.3) is 0 Å². The Morgan fingerprint density at radius 1 is 0.641 bits per heavy atom. The molecule has 0 saturated heterocycles. The van der Waals surface area contributed by atoms with Crippen LogP contribution in [0.15, 0.2) is 140 Å². The van der Waals surface area contributed by atoms with Crippen LogP contribution in [-0.2, 0) is 4.74 Å². The number of hydrogen-bond acceptors (Lipinski definition) is 2. The lowest BCUT2D eigenvalue weighted by Gasteiger charge is -2.31. The Balaban J connectivity index is 1.72. The summed E-state index contributed by atoms with van der Waals surface area (Å²) in [6, 6.07) is 51.2. The van der Waals surface area contributed by atoms with Crippen LogP contribution in [0.4, 0.5) is 0 Å². The van der Waals surface area contributed by atoms with Gasteiger partial charge in [0.1, 0.15) is 17.6 Å². The number of methoxy groups -OCH3 is 1. The second kappa shape index (κ2) is 12.7. The fourth-order valence-electron chi connectivity index (χ4n) is 5.26. The Kier molecular flexibility index (Phi) is 8.66. The van der Waals surface area contributed by atoms with E-state index < -0.39 is 17.6 Å². The summed E-state index contributed by atoms with van der Waals surface area (Å²) < 4.78 is 5.18. The fraction of sp³-hybridized carbons (Fsp3) is 0.114. The lowest BCUT2D eigenvalue weighted by Crippen LogP contribution is -2.51. The van der Waals surface area contributed by atoms with E-state index in [2.05, 4.69) is 140 Å². The molecule has 0 amide bonds. The minimum atomic E-state index is -1.29. The minimum absolute atomic E-state index is 0.234. The van der Waals surface area contributed by atoms with Crippen molar-refractivity contribution < 1.29 is 9.53 Å². The van der Waals surface area contributed by atoms with Crippen LogP contribution in [0.5, 0.6) is 0 Å². The summed E-state index contributed by atoms with van der Waals surface area (Å²) in [6.07, 6.45) is 0. The zero-order valence-corrected chi connectivity index (χ0v) is 24.4. The number of aryl methyl sites for hydroxylation is 1. The molecule has 0 saturated carbocycles. The molecule has 0 aromatic heterocycles. The first-order valence-corrected chi connectivity index (χ1v) is 16.6. The van der Waals surface area contributed by atoms with Crippen LogP contribution < -0.4 is 20.7 Å². The average molecular weight is 541 g/mol. The predicted molar refractivity (Wildman–Crippen MR) is 166 cm³/mol. The number of hydrogen-bond donors (Lipinski definition) is 0. The molecule has 192 valence electrons. The molecule has 0 aliphatic heterocycles. The van der Waals surface area contributed by atoms with Gasteiger partial charge < -0.3 is 4.74 Å². The molecule has 0 aliphatic carbocycles. The van der Waals surface area contributed by atoms with Crippen LogP contribution >= 0.6 is 0 Å². The molecule has 5 aromatic rings. The topological polar surface area (TPSA) is 26.3 Å². The number of esters is 1. The summed E-state index contributed by atoms with van der Waals surface area (Å²) in [5, 5.41) is 5.56. The molecule has 0 N–H and O–H groups in total. The van der Waals surface area contributed by atoms with E-state index >= 15 is 0 Å². The highest BCUT2D eigenvalue weighted by atomic mass is 28.3. The van der Waals surface area contributed by atoms with Crippen LogP contribution in [0.1, 0.15) is 27.0 Å². The van der Waals surface area contributed by atoms with Crippen molar-refractivity contribution in [2.24, 2.45) is 0 Å². The molecule has 2 radical (unpaired) electrons. The van der Waals surface area contributed by atoms with Gasteiger partial charge >= 0.3 is 5.97 Å². The van der Waals surface area contributed by atoms with Crippen LogP contribution in [0, 0.1) is 6.92 Å². The Bertz CT molecular complexity index is 1410. The van der Waals surface area contributed by atoms with Gasteiger partial charge in [-0.15, -0.1) is 0 Å². The summed E-state index contributed by atoms with van der Waals surface area (Å²) in [4.78, 5) is 12.8. The Labute approximate surface area is 235 Å². The van der Waals surface area contributed by atoms with Crippen LogP contribution in [0.25, 0.3) is 0 Å². The van der Waals surface area contributed by atoms with Crippen molar-refractivity contribution in [1.82, 2.24) is 0 Å². The molecule has 0 fully saturated rings. The third-order valence-corrected chi connectivity index (χ3v) is 13.7. The van der Waals surface area contributed by atoms with Gasteiger partial charge in [-0.1, -0.05) is 154 Å². The third kappa shape index (κ3) is 6.19. The summed E-state index contributed by atoms with van der Waals surface area (Å²) in [7, 11) is -0.971. The molecule has 2 nitrogen and oxygen atoms in total. The van der Waals surface area contributed by atoms with Gasteiger partial charge in [0.15, 0.2) is 0 Å². The van der Waals surface area contributed by atoms with Gasteiger partial charge in [0.2, 0.25) is 0 Å². The van der Waals surface area contributed by atoms with Crippen molar-refractivity contribution in [3.05, 3.63) is 156 Å². The zero-order valence-electron chi connectivity index (χ0n) is 22.4. The minimum Gasteiger partial charge on any atom is -0.465 e. The zero-order chi connectivity index (χ0) is 27.0. The van der Waals surface area contributed by atoms with Crippen molar-refractivity contribution in [3.63, 3.8) is 0 Å². The highest BCUT2D eigenvalue weighted by Crippen LogP contribution is 2.28. The second-order valence-corrected chi connectivity index (χ2v) is 14.9. The second-order valence-electron chi connectivity index (χ2n) is 9.68. The number of rotatable bonds is 9. The Morgan fingerprint density at radius 3 is 1.51 bits per heavy atom. The SMILES string of the molecule is COC(=O)c1cc(C(C[Si](c2ccccc2)c2ccccc2)[Si](c2ccccc2)c2ccccc2)ccc1C. The molecular weight excluding hydrogens is 509 g/mol. The van der Waals surface area contributed by atoms with Crippen molar-refractivity contribution in [1.29, 1.82) is 0 Å². The molecule has 1 atom stereocenters. The van der Waals surface area contributed by atoms with E-state index in [4.69, 9.17) is 4.74 Å². The van der Waals surface area contributed by atoms with E-state index in [9.17, 15) is 4.79 Å². The van der Waals surface area contributed by atoms with Gasteiger partial charge in [-0.05, 0) is 35.7 Å². The Hall–Kier alpha value is -4.00. The molecule has 0 bridgehead atoms. The predicted octanol–water partition coefficient (Wildman–Crippen LogP) is 5.02. The standard InChI is InChI=1S/C35H32O2Si2/c1-27-23-24-28(25-33(27)35(36)37-2)34(39(31-19-11-5-12-20-31)32-21-13-6-14-22-32)26-38(29-15-7-3-8-16-29)30-17-9-4-10-18-30/h3-25,34H,26H2,1-2H3. The molecular formula is C35H32O2Si2. The molecule has 5 rings (SSSR count). The van der Waals surface area contributed by atoms with Crippen LogP contribution in [0.3, 0.4) is 0 Å². The molecule has 0 heterocycles. The maximum Gasteiger partial charge on any atom is 0.338 e. The molecule has 1 unspecified atom stereocenters. The number of carbonyl (C=O) groups excluding carboxylic acids is 1. The van der Waals surface area contributed by atoms with Gasteiger partial charge in [-0.3, -0.25) is 0 Å². The van der Waals surface area contributed by atoms with Gasteiger partial charge in [0.05, 0.1) is 12.7 Å². The number of ether oxygens (including phenoxy) is 1. The fourth-order valence-corrected chi connectivity index (χ4v) is 12.1. The van der Waals surface area contributed by atoms with Gasteiger partial charge in [-0.2, -0.15) is 0 Å². The van der Waals surface area contributed by atoms with E-state index in [1.54, 1.807) is 0 Å². The van der Waals surface area contributed by atoms with Crippen molar-refractivity contribution in [3.8, 4) is 0 Å². The van der Waals surface area contributed by atoms with Gasteiger partial charge in [0, 0.05) is 0 Å². The van der Waals surface area contributed by atoms with Crippen molar-refractivity contribution in [2.75, 3.05) is 7.11 Å². The summed E-state index contributed by atoms with van der Waals surface area (Å²) >= 11 is 0. The third-order valence-electron chi connectivity index (χ3n) is 7.24. The molecule has 0 aliphatic rings. The first-order valence-electron chi connectivity index (χ1n) is 13.3. The first kappa shape index (κ1) is 26.6. The molecule has 5 aromatic carbocycles. The van der Waals surface area contributed by atoms with Crippen LogP contribution in [-0.4, -0.2) is 30.7 Å². The lowest BCUT2D eigenvalue weighted by molar-refractivity contribution is 0.0600. The van der Waals surface area contributed by atoms with Crippen molar-refractivity contribution >= 4 is 44.3 Å². The van der Waals surface area contributed by atoms with E-state index in [0.717, 1.165) is 11.6 Å². The highest BCUT2D eigenvalue weighted by molar-refractivity contribution is 6.90. The van der Waals surface area contributed by atoms with E-state index in [1.165, 1.54) is 33.4 Å². The monoisotopic (exact) mass is 540 g/mol. The van der Waals surface area contributed by atoms with E-state index in [1.807, 2.05) is 6.92 Å². The molecule has 0 spiro atoms. The van der Waals surface area contributed by atoms with Crippen molar-refractivity contribution in [2.45, 2.75) is 18.5 Å². The number of benzene rings is 5. The smallest absolute Gasteiger partial charge is 0.338 e. The number of carbonyl (C=O) groups is 1. The summed E-state index contributed by atoms with van der Waals surface area (Å²) in [6.45, 7) is 1.98. The first-order chi connectivity index (χ1) is 19.2. The maximum atomic E-state index is 12.8. The van der Waals surface area contributed by atoms with E-state index in [0.29, 0.717) is 5.56 Å². The summed E-state index contributed by atoms with van der Waals surface area (Å²) in [5.74, 6) is -0.280. The normalized spacial score (nSPS) is 11.9. The average Bonchev–Trinajstić information content (AvgIpc) is 3.01. The highest BCUT2D eigenvalue weighted by Gasteiger charge is 2.33. The summed E-state index contributed by atoms with van der Waals surface area (Å²) in [5.41, 5.74) is 3.03. The lowest BCUT2D eigenvalue weighted by atomic mass is 10.0.